The third kappa shape index (κ3) is 9.27. The van der Waals surface area contributed by atoms with Crippen molar-refractivity contribution in [3.05, 3.63) is 107 Å². The number of hydrogen-bond acceptors (Lipinski definition) is 11. The molecule has 0 unspecified atom stereocenters. The topological polar surface area (TPSA) is 173 Å². The monoisotopic (exact) mass is 734 g/mol. The Labute approximate surface area is 302 Å². The van der Waals surface area contributed by atoms with E-state index in [-0.39, 0.29) is 22.5 Å². The summed E-state index contributed by atoms with van der Waals surface area (Å²) < 4.78 is 54.1. The van der Waals surface area contributed by atoms with E-state index in [4.69, 9.17) is 4.42 Å². The van der Waals surface area contributed by atoms with Crippen LogP contribution in [0.1, 0.15) is 84.5 Å². The number of alkyl halides is 4. The molecule has 2 aliphatic carbocycles. The van der Waals surface area contributed by atoms with Gasteiger partial charge in [0.25, 0.3) is 17.7 Å². The predicted molar refractivity (Wildman–Crippen MR) is 187 cm³/mol. The van der Waals surface area contributed by atoms with Crippen LogP contribution in [-0.2, 0) is 15.9 Å². The number of carbonyl (C=O) groups is 2. The lowest BCUT2D eigenvalue weighted by molar-refractivity contribution is -0.132. The Bertz CT molecular complexity index is 2000. The third-order valence-corrected chi connectivity index (χ3v) is 8.46. The van der Waals surface area contributed by atoms with E-state index >= 15 is 0 Å². The lowest BCUT2D eigenvalue weighted by Gasteiger charge is -2.20. The molecule has 2 amide bonds. The fraction of sp³-hybridized carbons (Fsp3) is 0.333. The van der Waals surface area contributed by atoms with E-state index in [1.807, 2.05) is 56.5 Å². The molecule has 3 aromatic heterocycles. The minimum Gasteiger partial charge on any atom is -0.415 e. The molecule has 2 saturated carbocycles. The number of carbonyl (C=O) groups excluding carboxylic acids is 2. The molecule has 53 heavy (non-hydrogen) atoms. The third-order valence-electron chi connectivity index (χ3n) is 8.46. The van der Waals surface area contributed by atoms with Crippen molar-refractivity contribution in [2.75, 3.05) is 10.6 Å². The Hall–Kier alpha value is -6.00. The molecule has 2 fully saturated rings. The summed E-state index contributed by atoms with van der Waals surface area (Å²) in [6.45, 7) is 8.12. The van der Waals surface area contributed by atoms with Gasteiger partial charge in [0.15, 0.2) is 0 Å². The molecule has 0 aliphatic heterocycles. The summed E-state index contributed by atoms with van der Waals surface area (Å²) >= 11 is 0. The van der Waals surface area contributed by atoms with Crippen LogP contribution in [0.15, 0.2) is 77.7 Å². The average molecular weight is 735 g/mol. The molecule has 3 heterocycles. The van der Waals surface area contributed by atoms with E-state index in [0.717, 1.165) is 25.7 Å². The van der Waals surface area contributed by atoms with Gasteiger partial charge < -0.3 is 15.1 Å². The fourth-order valence-corrected chi connectivity index (χ4v) is 5.52. The molecule has 0 atom stereocenters. The summed E-state index contributed by atoms with van der Waals surface area (Å²) in [5, 5.41) is 13.6. The molecule has 2 aliphatic rings. The van der Waals surface area contributed by atoms with Crippen molar-refractivity contribution in [2.45, 2.75) is 77.3 Å². The quantitative estimate of drug-likeness (QED) is 0.0877. The summed E-state index contributed by atoms with van der Waals surface area (Å²) in [5.41, 5.74) is 8.37. The molecule has 0 spiro atoms. The van der Waals surface area contributed by atoms with Gasteiger partial charge in [0.2, 0.25) is 11.9 Å². The van der Waals surface area contributed by atoms with Crippen LogP contribution in [-0.4, -0.2) is 48.4 Å². The molecule has 7 rings (SSSR count). The first-order valence-corrected chi connectivity index (χ1v) is 16.8. The molecular formula is C36H38F4N10O3. The van der Waals surface area contributed by atoms with Gasteiger partial charge in [-0.15, -0.1) is 10.2 Å². The van der Waals surface area contributed by atoms with Crippen LogP contribution in [0.5, 0.6) is 0 Å². The highest BCUT2D eigenvalue weighted by molar-refractivity contribution is 5.95. The molecule has 5 aromatic rings. The van der Waals surface area contributed by atoms with Crippen LogP contribution >= 0.6 is 0 Å². The molecule has 278 valence electrons. The van der Waals surface area contributed by atoms with Crippen LogP contribution in [0.3, 0.4) is 0 Å². The van der Waals surface area contributed by atoms with Crippen molar-refractivity contribution >= 4 is 23.7 Å². The fourth-order valence-electron chi connectivity index (χ4n) is 5.52. The number of nitrogens with one attached hydrogen (secondary N) is 4. The van der Waals surface area contributed by atoms with Gasteiger partial charge in [0.1, 0.15) is 0 Å². The van der Waals surface area contributed by atoms with Crippen LogP contribution < -0.4 is 21.5 Å². The second kappa shape index (κ2) is 16.6. The van der Waals surface area contributed by atoms with Crippen molar-refractivity contribution < 1.29 is 31.6 Å². The minimum absolute atomic E-state index is 0.0260. The highest BCUT2D eigenvalue weighted by Gasteiger charge is 2.46. The summed E-state index contributed by atoms with van der Waals surface area (Å²) in [4.78, 5) is 39.2. The van der Waals surface area contributed by atoms with Gasteiger partial charge in [0, 0.05) is 24.8 Å². The number of hydrazine groups is 1. The number of halogens is 4. The first kappa shape index (κ1) is 38.2. The SMILES string of the molecule is CC.Cc1ccccc1C1(Nc2ncc(-c3nnc(C(F)F)o3)cn2)CC1.Cc1ccccc1C1(Nc2ncc(C(=O)NNC(=O)C(F)F)cn2)CC1. The second-order valence-electron chi connectivity index (χ2n) is 12.1. The molecule has 17 heteroatoms. The highest BCUT2D eigenvalue weighted by Crippen LogP contribution is 2.49. The molecule has 2 aromatic carbocycles. The zero-order valence-corrected chi connectivity index (χ0v) is 29.3. The summed E-state index contributed by atoms with van der Waals surface area (Å²) in [5.74, 6) is -2.29. The first-order valence-electron chi connectivity index (χ1n) is 16.8. The predicted octanol–water partition coefficient (Wildman–Crippen LogP) is 6.81. The Morgan fingerprint density at radius 1 is 0.698 bits per heavy atom. The average Bonchev–Trinajstić information content (AvgIpc) is 4.08. The zero-order chi connectivity index (χ0) is 38.2. The molecular weight excluding hydrogens is 696 g/mol. The smallest absolute Gasteiger partial charge is 0.317 e. The number of anilines is 2. The van der Waals surface area contributed by atoms with E-state index in [0.29, 0.717) is 17.5 Å². The van der Waals surface area contributed by atoms with Crippen molar-refractivity contribution in [2.24, 2.45) is 0 Å². The van der Waals surface area contributed by atoms with Crippen LogP contribution in [0, 0.1) is 13.8 Å². The normalized spacial score (nSPS) is 14.5. The molecule has 4 N–H and O–H groups in total. The summed E-state index contributed by atoms with van der Waals surface area (Å²) in [6, 6.07) is 16.3. The van der Waals surface area contributed by atoms with Crippen LogP contribution in [0.2, 0.25) is 0 Å². The number of amides is 2. The van der Waals surface area contributed by atoms with E-state index in [2.05, 4.69) is 65.9 Å². The Morgan fingerprint density at radius 2 is 1.17 bits per heavy atom. The van der Waals surface area contributed by atoms with Crippen molar-refractivity contribution in [3.8, 4) is 11.5 Å². The van der Waals surface area contributed by atoms with Gasteiger partial charge in [-0.1, -0.05) is 62.4 Å². The van der Waals surface area contributed by atoms with E-state index in [9.17, 15) is 27.2 Å². The van der Waals surface area contributed by atoms with E-state index < -0.39 is 30.6 Å². The molecule has 0 saturated heterocycles. The first-order chi connectivity index (χ1) is 25.5. The van der Waals surface area contributed by atoms with E-state index in [1.165, 1.54) is 47.0 Å². The summed E-state index contributed by atoms with van der Waals surface area (Å²) in [6.07, 6.45) is 3.36. The Balaban J connectivity index is 0.000000195. The number of rotatable bonds is 10. The largest absolute Gasteiger partial charge is 0.415 e. The second-order valence-corrected chi connectivity index (χ2v) is 12.1. The zero-order valence-electron chi connectivity index (χ0n) is 29.3. The van der Waals surface area contributed by atoms with Crippen molar-refractivity contribution in [3.63, 3.8) is 0 Å². The minimum atomic E-state index is -3.21. The molecule has 0 bridgehead atoms. The lowest BCUT2D eigenvalue weighted by Crippen LogP contribution is -2.44. The summed E-state index contributed by atoms with van der Waals surface area (Å²) in [7, 11) is 0. The molecule has 13 nitrogen and oxygen atoms in total. The van der Waals surface area contributed by atoms with Gasteiger partial charge in [-0.3, -0.25) is 20.4 Å². The van der Waals surface area contributed by atoms with Gasteiger partial charge in [-0.05, 0) is 61.8 Å². The lowest BCUT2D eigenvalue weighted by atomic mass is 9.99. The highest BCUT2D eigenvalue weighted by atomic mass is 19.3. The maximum Gasteiger partial charge on any atom is 0.317 e. The Kier molecular flexibility index (Phi) is 11.9. The van der Waals surface area contributed by atoms with Gasteiger partial charge in [0.05, 0.1) is 22.2 Å². The maximum atomic E-state index is 12.5. The number of benzene rings is 2. The van der Waals surface area contributed by atoms with Gasteiger partial charge in [-0.2, -0.15) is 17.6 Å². The maximum absolute atomic E-state index is 12.5. The number of nitrogens with zero attached hydrogens (tertiary/aromatic N) is 6. The van der Waals surface area contributed by atoms with Crippen molar-refractivity contribution in [1.82, 2.24) is 41.0 Å². The van der Waals surface area contributed by atoms with Crippen LogP contribution in [0.25, 0.3) is 11.5 Å². The number of hydrogen-bond donors (Lipinski definition) is 4. The standard InChI is InChI=1S/C17H17F2N5O2.C17H15F2N5O.C2H6/c1-10-4-2-3-5-12(10)17(6-7-17)22-16-20-8-11(9-21-16)14(25)23-24-15(26)13(18)19;1-10-4-2-3-5-12(10)17(6-7-17)22-16-20-8-11(9-21-16)14-23-24-15(25-14)13(18)19;1-2/h2-5,8-9,13H,6-7H2,1H3,(H,23,25)(H,24,26)(H,20,21,22);2-5,8-9,13H,6-7H2,1H3,(H,20,21,22);1-2H3. The number of aromatic nitrogens is 6. The molecule has 0 radical (unpaired) electrons. The van der Waals surface area contributed by atoms with Gasteiger partial charge >= 0.3 is 18.8 Å². The Morgan fingerprint density at radius 3 is 1.58 bits per heavy atom. The van der Waals surface area contributed by atoms with Crippen molar-refractivity contribution in [1.29, 1.82) is 0 Å². The number of aryl methyl sites for hydroxylation is 2. The van der Waals surface area contributed by atoms with E-state index in [1.54, 1.807) is 5.43 Å². The van der Waals surface area contributed by atoms with Gasteiger partial charge in [-0.25, -0.2) is 19.9 Å². The van der Waals surface area contributed by atoms with Crippen LogP contribution in [0.4, 0.5) is 29.5 Å².